The summed E-state index contributed by atoms with van der Waals surface area (Å²) < 4.78 is 44.2. The van der Waals surface area contributed by atoms with Gasteiger partial charge in [-0.15, -0.1) is 10.2 Å². The van der Waals surface area contributed by atoms with Crippen LogP contribution in [0.2, 0.25) is 0 Å². The van der Waals surface area contributed by atoms with Crippen LogP contribution in [0.5, 0.6) is 5.75 Å². The number of hydrogen-bond acceptors (Lipinski definition) is 5. The summed E-state index contributed by atoms with van der Waals surface area (Å²) in [4.78, 5) is 11.8. The van der Waals surface area contributed by atoms with E-state index in [-0.39, 0.29) is 5.75 Å². The number of carbonyl (C=O) groups excluding carboxylic acids is 1. The molecule has 1 amide bonds. The lowest BCUT2D eigenvalue weighted by atomic mass is 10.1. The zero-order valence-corrected chi connectivity index (χ0v) is 17.5. The Morgan fingerprint density at radius 1 is 1.10 bits per heavy atom. The molecule has 0 radical (unpaired) electrons. The number of thioether (sulfide) groups is 1. The molecular formula is C21H21F3N4O2S. The highest BCUT2D eigenvalue weighted by atomic mass is 32.2. The van der Waals surface area contributed by atoms with Crippen LogP contribution in [0, 0.1) is 0 Å². The van der Waals surface area contributed by atoms with Crippen LogP contribution in [-0.2, 0) is 11.2 Å². The van der Waals surface area contributed by atoms with Crippen molar-refractivity contribution in [1.29, 1.82) is 0 Å². The van der Waals surface area contributed by atoms with Gasteiger partial charge in [0.15, 0.2) is 5.16 Å². The largest absolute Gasteiger partial charge is 0.494 e. The van der Waals surface area contributed by atoms with E-state index >= 15 is 0 Å². The molecule has 0 saturated carbocycles. The molecule has 0 saturated heterocycles. The third-order valence-corrected chi connectivity index (χ3v) is 5.06. The second-order valence-electron chi connectivity index (χ2n) is 6.50. The third kappa shape index (κ3) is 6.74. The number of nitrogens with one attached hydrogen (secondary N) is 1. The minimum absolute atomic E-state index is 0.212. The van der Waals surface area contributed by atoms with Gasteiger partial charge in [-0.1, -0.05) is 42.1 Å². The summed E-state index contributed by atoms with van der Waals surface area (Å²) in [5.74, 6) is 0.419. The number of amides is 1. The highest BCUT2D eigenvalue weighted by molar-refractivity contribution is 7.99. The van der Waals surface area contributed by atoms with Crippen molar-refractivity contribution in [1.82, 2.24) is 20.1 Å². The second-order valence-corrected chi connectivity index (χ2v) is 7.45. The highest BCUT2D eigenvalue weighted by Gasteiger charge is 2.27. The molecule has 3 aromatic rings. The maximum atomic E-state index is 12.3. The van der Waals surface area contributed by atoms with Crippen molar-refractivity contribution in [3.05, 3.63) is 66.0 Å². The Hall–Kier alpha value is -3.01. The molecule has 0 atom stereocenters. The molecule has 0 aliphatic rings. The van der Waals surface area contributed by atoms with E-state index in [1.807, 2.05) is 66.8 Å². The number of hydrogen-bond donors (Lipinski definition) is 1. The SMILES string of the molecule is CCOc1ccc(-n2c(Cc3ccccc3)nnc2SCC(=O)NCC(F)(F)F)cc1. The van der Waals surface area contributed by atoms with Crippen LogP contribution >= 0.6 is 11.8 Å². The molecule has 2 aromatic carbocycles. The van der Waals surface area contributed by atoms with Gasteiger partial charge >= 0.3 is 6.18 Å². The summed E-state index contributed by atoms with van der Waals surface area (Å²) in [7, 11) is 0. The second kappa shape index (κ2) is 10.3. The zero-order valence-electron chi connectivity index (χ0n) is 16.7. The molecule has 0 bridgehead atoms. The first-order valence-corrected chi connectivity index (χ1v) is 10.5. The molecule has 0 aliphatic heterocycles. The van der Waals surface area contributed by atoms with Crippen LogP contribution in [0.15, 0.2) is 59.8 Å². The molecule has 0 aliphatic carbocycles. The lowest BCUT2D eigenvalue weighted by molar-refractivity contribution is -0.136. The number of aromatic nitrogens is 3. The zero-order chi connectivity index (χ0) is 22.3. The van der Waals surface area contributed by atoms with Gasteiger partial charge in [0.05, 0.1) is 12.4 Å². The monoisotopic (exact) mass is 450 g/mol. The fourth-order valence-corrected chi connectivity index (χ4v) is 3.58. The van der Waals surface area contributed by atoms with Crippen LogP contribution in [-0.4, -0.2) is 45.8 Å². The van der Waals surface area contributed by atoms with Crippen LogP contribution < -0.4 is 10.1 Å². The molecular weight excluding hydrogens is 429 g/mol. The van der Waals surface area contributed by atoms with Crippen LogP contribution in [0.1, 0.15) is 18.3 Å². The highest BCUT2D eigenvalue weighted by Crippen LogP contribution is 2.25. The molecule has 1 N–H and O–H groups in total. The van der Waals surface area contributed by atoms with E-state index in [0.29, 0.717) is 29.8 Å². The van der Waals surface area contributed by atoms with Gasteiger partial charge in [0, 0.05) is 12.1 Å². The van der Waals surface area contributed by atoms with Crippen LogP contribution in [0.25, 0.3) is 5.69 Å². The first kappa shape index (κ1) is 22.7. The number of halogens is 3. The van der Waals surface area contributed by atoms with Crippen molar-refractivity contribution >= 4 is 17.7 Å². The maximum Gasteiger partial charge on any atom is 0.405 e. The number of nitrogens with zero attached hydrogens (tertiary/aromatic N) is 3. The van der Waals surface area contributed by atoms with Crippen LogP contribution in [0.4, 0.5) is 13.2 Å². The molecule has 0 fully saturated rings. The molecule has 31 heavy (non-hydrogen) atoms. The van der Waals surface area contributed by atoms with Crippen molar-refractivity contribution in [2.24, 2.45) is 0 Å². The predicted molar refractivity (Wildman–Crippen MR) is 112 cm³/mol. The van der Waals surface area contributed by atoms with E-state index < -0.39 is 18.6 Å². The topological polar surface area (TPSA) is 69.0 Å². The van der Waals surface area contributed by atoms with E-state index in [1.165, 1.54) is 0 Å². The van der Waals surface area contributed by atoms with Crippen molar-refractivity contribution in [2.75, 3.05) is 18.9 Å². The summed E-state index contributed by atoms with van der Waals surface area (Å²) in [5, 5.41) is 10.7. The van der Waals surface area contributed by atoms with Crippen molar-refractivity contribution in [3.8, 4) is 11.4 Å². The summed E-state index contributed by atoms with van der Waals surface area (Å²) >= 11 is 1.03. The van der Waals surface area contributed by atoms with Crippen molar-refractivity contribution in [3.63, 3.8) is 0 Å². The maximum absolute atomic E-state index is 12.3. The van der Waals surface area contributed by atoms with Gasteiger partial charge in [-0.3, -0.25) is 9.36 Å². The van der Waals surface area contributed by atoms with Gasteiger partial charge in [0.2, 0.25) is 5.91 Å². The standard InChI is InChI=1S/C21H21F3N4O2S/c1-2-30-17-10-8-16(9-11-17)28-18(12-15-6-4-3-5-7-15)26-27-20(28)31-13-19(29)25-14-21(22,23)24/h3-11H,2,12-14H2,1H3,(H,25,29). The Balaban J connectivity index is 1.82. The van der Waals surface area contributed by atoms with Crippen molar-refractivity contribution in [2.45, 2.75) is 24.7 Å². The third-order valence-electron chi connectivity index (χ3n) is 4.13. The summed E-state index contributed by atoms with van der Waals surface area (Å²) in [6.45, 7) is 1.07. The molecule has 3 rings (SSSR count). The number of alkyl halides is 3. The fourth-order valence-electron chi connectivity index (χ4n) is 2.78. The first-order valence-electron chi connectivity index (χ1n) is 9.53. The van der Waals surface area contributed by atoms with E-state index in [0.717, 1.165) is 23.0 Å². The van der Waals surface area contributed by atoms with Gasteiger partial charge in [-0.25, -0.2) is 0 Å². The lowest BCUT2D eigenvalue weighted by Gasteiger charge is -2.12. The lowest BCUT2D eigenvalue weighted by Crippen LogP contribution is -2.34. The van der Waals surface area contributed by atoms with Crippen LogP contribution in [0.3, 0.4) is 0 Å². The average Bonchev–Trinajstić information content (AvgIpc) is 3.14. The van der Waals surface area contributed by atoms with E-state index in [1.54, 1.807) is 4.57 Å². The molecule has 0 spiro atoms. The Kier molecular flexibility index (Phi) is 7.56. The summed E-state index contributed by atoms with van der Waals surface area (Å²) in [5.41, 5.74) is 1.79. The smallest absolute Gasteiger partial charge is 0.405 e. The number of benzene rings is 2. The van der Waals surface area contributed by atoms with E-state index in [2.05, 4.69) is 10.2 Å². The summed E-state index contributed by atoms with van der Waals surface area (Å²) in [6.07, 6.45) is -3.95. The molecule has 0 unspecified atom stereocenters. The Morgan fingerprint density at radius 2 is 1.81 bits per heavy atom. The number of carbonyl (C=O) groups is 1. The minimum atomic E-state index is -4.45. The number of ether oxygens (including phenoxy) is 1. The van der Waals surface area contributed by atoms with Gasteiger partial charge in [-0.05, 0) is 36.8 Å². The molecule has 164 valence electrons. The molecule has 1 aromatic heterocycles. The fraction of sp³-hybridized carbons (Fsp3) is 0.286. The molecule has 1 heterocycles. The minimum Gasteiger partial charge on any atom is -0.494 e. The predicted octanol–water partition coefficient (Wildman–Crippen LogP) is 4.03. The molecule has 10 heteroatoms. The normalized spacial score (nSPS) is 11.4. The van der Waals surface area contributed by atoms with Gasteiger partial charge < -0.3 is 10.1 Å². The Labute approximate surface area is 181 Å². The number of rotatable bonds is 9. The summed E-state index contributed by atoms with van der Waals surface area (Å²) in [6, 6.07) is 17.0. The van der Waals surface area contributed by atoms with Crippen molar-refractivity contribution < 1.29 is 22.7 Å². The van der Waals surface area contributed by atoms with Gasteiger partial charge in [0.25, 0.3) is 0 Å². The molecule has 6 nitrogen and oxygen atoms in total. The average molecular weight is 450 g/mol. The Bertz CT molecular complexity index is 992. The van der Waals surface area contributed by atoms with Gasteiger partial charge in [0.1, 0.15) is 18.1 Å². The van der Waals surface area contributed by atoms with Gasteiger partial charge in [-0.2, -0.15) is 13.2 Å². The van der Waals surface area contributed by atoms with E-state index in [9.17, 15) is 18.0 Å². The Morgan fingerprint density at radius 3 is 2.45 bits per heavy atom. The first-order chi connectivity index (χ1) is 14.9. The quantitative estimate of drug-likeness (QED) is 0.499. The van der Waals surface area contributed by atoms with E-state index in [4.69, 9.17) is 4.74 Å².